The van der Waals surface area contributed by atoms with Crippen molar-refractivity contribution in [2.24, 2.45) is 23.7 Å². The highest BCUT2D eigenvalue weighted by Crippen LogP contribution is 2.49. The van der Waals surface area contributed by atoms with E-state index in [1.807, 2.05) is 4.90 Å². The molecule has 2 saturated heterocycles. The molecule has 1 N–H and O–H groups in total. The molecule has 2 bridgehead atoms. The molecule has 5 aliphatic rings. The Kier molecular flexibility index (Phi) is 4.06. The molecule has 0 aromatic rings. The third-order valence-corrected chi connectivity index (χ3v) is 6.11. The smallest absolute Gasteiger partial charge is 0.317 e. The zero-order chi connectivity index (χ0) is 16.7. The number of hydrogen-bond donors (Lipinski definition) is 1. The molecule has 5 rings (SSSR count). The maximum atomic E-state index is 12.7. The van der Waals surface area contributed by atoms with Gasteiger partial charge in [-0.1, -0.05) is 12.2 Å². The number of nitrogens with one attached hydrogen (secondary N) is 1. The fourth-order valence-corrected chi connectivity index (χ4v) is 4.84. The van der Waals surface area contributed by atoms with E-state index in [1.165, 1.54) is 11.3 Å². The summed E-state index contributed by atoms with van der Waals surface area (Å²) in [5.74, 6) is 0.0828. The Morgan fingerprint density at radius 1 is 1.00 bits per heavy atom. The van der Waals surface area contributed by atoms with Gasteiger partial charge in [0, 0.05) is 26.2 Å². The van der Waals surface area contributed by atoms with Crippen molar-refractivity contribution in [1.29, 1.82) is 0 Å². The summed E-state index contributed by atoms with van der Waals surface area (Å²) in [5.41, 5.74) is 0. The first kappa shape index (κ1) is 15.7. The van der Waals surface area contributed by atoms with Gasteiger partial charge in [0.25, 0.3) is 0 Å². The number of hydrogen-bond acceptors (Lipinski definition) is 3. The summed E-state index contributed by atoms with van der Waals surface area (Å²) in [6.07, 6.45) is 9.57. The first-order valence-electron chi connectivity index (χ1n) is 9.23. The SMILES string of the molecule is O=C(NCCN1C(=O)[C@@H]2[C@@H](C1=O)[C@H]1C=C[C@H]2CC1)N1CCCCC1. The van der Waals surface area contributed by atoms with Crippen molar-refractivity contribution >= 4 is 17.8 Å². The molecule has 0 aromatic heterocycles. The molecule has 0 aromatic carbocycles. The number of imide groups is 1. The molecular formula is C18H25N3O3. The Balaban J connectivity index is 1.33. The summed E-state index contributed by atoms with van der Waals surface area (Å²) in [4.78, 5) is 40.7. The van der Waals surface area contributed by atoms with Gasteiger partial charge in [0.2, 0.25) is 11.8 Å². The fourth-order valence-electron chi connectivity index (χ4n) is 4.84. The lowest BCUT2D eigenvalue weighted by atomic mass is 9.63. The van der Waals surface area contributed by atoms with Gasteiger partial charge in [-0.2, -0.15) is 0 Å². The van der Waals surface area contributed by atoms with Gasteiger partial charge in [0.1, 0.15) is 0 Å². The zero-order valence-corrected chi connectivity index (χ0v) is 13.9. The Morgan fingerprint density at radius 2 is 1.58 bits per heavy atom. The Morgan fingerprint density at radius 3 is 2.12 bits per heavy atom. The molecule has 3 fully saturated rings. The third-order valence-electron chi connectivity index (χ3n) is 6.11. The molecule has 6 heteroatoms. The van der Waals surface area contributed by atoms with E-state index < -0.39 is 0 Å². The Labute approximate surface area is 142 Å². The quantitative estimate of drug-likeness (QED) is 0.627. The molecule has 1 saturated carbocycles. The van der Waals surface area contributed by atoms with Crippen LogP contribution < -0.4 is 5.32 Å². The van der Waals surface area contributed by atoms with E-state index in [2.05, 4.69) is 17.5 Å². The largest absolute Gasteiger partial charge is 0.336 e. The molecular weight excluding hydrogens is 306 g/mol. The maximum Gasteiger partial charge on any atom is 0.317 e. The van der Waals surface area contributed by atoms with Gasteiger partial charge in [-0.3, -0.25) is 14.5 Å². The number of likely N-dealkylation sites (tertiary alicyclic amines) is 2. The summed E-state index contributed by atoms with van der Waals surface area (Å²) in [6.45, 7) is 2.23. The second kappa shape index (κ2) is 6.22. The van der Waals surface area contributed by atoms with Crippen LogP contribution in [0.2, 0.25) is 0 Å². The number of allylic oxidation sites excluding steroid dienone is 2. The normalized spacial score (nSPS) is 34.7. The van der Waals surface area contributed by atoms with Crippen LogP contribution in [0.4, 0.5) is 4.79 Å². The van der Waals surface area contributed by atoms with Crippen LogP contribution in [-0.4, -0.2) is 53.8 Å². The summed E-state index contributed by atoms with van der Waals surface area (Å²) in [5, 5.41) is 2.87. The highest BCUT2D eigenvalue weighted by atomic mass is 16.2. The van der Waals surface area contributed by atoms with Crippen molar-refractivity contribution in [3.63, 3.8) is 0 Å². The van der Waals surface area contributed by atoms with E-state index in [0.29, 0.717) is 13.1 Å². The molecule has 4 amide bonds. The molecule has 4 atom stereocenters. The lowest BCUT2D eigenvalue weighted by Crippen LogP contribution is -2.46. The fraction of sp³-hybridized carbons (Fsp3) is 0.722. The van der Waals surface area contributed by atoms with E-state index in [-0.39, 0.29) is 41.5 Å². The number of carbonyl (C=O) groups excluding carboxylic acids is 3. The number of rotatable bonds is 3. The monoisotopic (exact) mass is 331 g/mol. The van der Waals surface area contributed by atoms with Crippen LogP contribution in [0, 0.1) is 23.7 Å². The van der Waals surface area contributed by atoms with Crippen molar-refractivity contribution in [3.8, 4) is 0 Å². The van der Waals surface area contributed by atoms with Crippen molar-refractivity contribution in [2.45, 2.75) is 32.1 Å². The maximum absolute atomic E-state index is 12.7. The van der Waals surface area contributed by atoms with E-state index in [9.17, 15) is 14.4 Å². The van der Waals surface area contributed by atoms with Gasteiger partial charge in [0.05, 0.1) is 11.8 Å². The van der Waals surface area contributed by atoms with Crippen LogP contribution in [-0.2, 0) is 9.59 Å². The van der Waals surface area contributed by atoms with Gasteiger partial charge in [-0.05, 0) is 43.9 Å². The highest BCUT2D eigenvalue weighted by Gasteiger charge is 2.56. The molecule has 130 valence electrons. The van der Waals surface area contributed by atoms with Gasteiger partial charge in [0.15, 0.2) is 0 Å². The second-order valence-electron chi connectivity index (χ2n) is 7.45. The number of amides is 4. The van der Waals surface area contributed by atoms with Crippen LogP contribution in [0.3, 0.4) is 0 Å². The highest BCUT2D eigenvalue weighted by molar-refractivity contribution is 6.06. The van der Waals surface area contributed by atoms with E-state index in [0.717, 1.165) is 38.8 Å². The van der Waals surface area contributed by atoms with E-state index >= 15 is 0 Å². The molecule has 0 spiro atoms. The number of nitrogens with zero attached hydrogens (tertiary/aromatic N) is 2. The number of fused-ring (bicyclic) bond motifs is 1. The van der Waals surface area contributed by atoms with Crippen LogP contribution in [0.15, 0.2) is 12.2 Å². The summed E-state index contributed by atoms with van der Waals surface area (Å²) < 4.78 is 0. The van der Waals surface area contributed by atoms with Crippen molar-refractivity contribution in [2.75, 3.05) is 26.2 Å². The predicted octanol–water partition coefficient (Wildman–Crippen LogP) is 1.38. The lowest BCUT2D eigenvalue weighted by molar-refractivity contribution is -0.140. The van der Waals surface area contributed by atoms with Crippen molar-refractivity contribution in [3.05, 3.63) is 12.2 Å². The first-order chi connectivity index (χ1) is 11.7. The van der Waals surface area contributed by atoms with Crippen molar-refractivity contribution < 1.29 is 14.4 Å². The molecule has 24 heavy (non-hydrogen) atoms. The molecule has 6 nitrogen and oxygen atoms in total. The number of carbonyl (C=O) groups is 3. The third kappa shape index (κ3) is 2.52. The van der Waals surface area contributed by atoms with Crippen molar-refractivity contribution in [1.82, 2.24) is 15.1 Å². The van der Waals surface area contributed by atoms with E-state index in [4.69, 9.17) is 0 Å². The summed E-state index contributed by atoms with van der Waals surface area (Å²) in [7, 11) is 0. The Bertz CT molecular complexity index is 550. The zero-order valence-electron chi connectivity index (χ0n) is 13.9. The minimum atomic E-state index is -0.154. The van der Waals surface area contributed by atoms with E-state index in [1.54, 1.807) is 0 Å². The lowest BCUT2D eigenvalue weighted by Gasteiger charge is -2.38. The van der Waals surface area contributed by atoms with Gasteiger partial charge < -0.3 is 10.2 Å². The minimum Gasteiger partial charge on any atom is -0.336 e. The van der Waals surface area contributed by atoms with Crippen LogP contribution in [0.1, 0.15) is 32.1 Å². The van der Waals surface area contributed by atoms with Gasteiger partial charge >= 0.3 is 6.03 Å². The number of piperidine rings is 1. The van der Waals surface area contributed by atoms with Crippen LogP contribution in [0.25, 0.3) is 0 Å². The molecule has 2 aliphatic heterocycles. The summed E-state index contributed by atoms with van der Waals surface area (Å²) >= 11 is 0. The predicted molar refractivity (Wildman–Crippen MR) is 87.9 cm³/mol. The second-order valence-corrected chi connectivity index (χ2v) is 7.45. The molecule has 0 radical (unpaired) electrons. The topological polar surface area (TPSA) is 69.7 Å². The first-order valence-corrected chi connectivity index (χ1v) is 9.23. The van der Waals surface area contributed by atoms with Crippen LogP contribution >= 0.6 is 0 Å². The molecule has 0 unspecified atom stereocenters. The van der Waals surface area contributed by atoms with Gasteiger partial charge in [-0.25, -0.2) is 4.79 Å². The molecule has 2 heterocycles. The van der Waals surface area contributed by atoms with Crippen LogP contribution in [0.5, 0.6) is 0 Å². The molecule has 3 aliphatic carbocycles. The summed E-state index contributed by atoms with van der Waals surface area (Å²) in [6, 6.07) is -0.0760. The standard InChI is InChI=1S/C18H25N3O3/c22-16-14-12-4-5-13(7-6-12)15(14)17(23)21(16)11-8-19-18(24)20-9-2-1-3-10-20/h4-5,12-15H,1-3,6-11H2,(H,19,24)/t12-,13-,14-,15-/m0/s1. The minimum absolute atomic E-state index is 0.0312. The average Bonchev–Trinajstić information content (AvgIpc) is 2.90. The Hall–Kier alpha value is -1.85. The average molecular weight is 331 g/mol. The van der Waals surface area contributed by atoms with Gasteiger partial charge in [-0.15, -0.1) is 0 Å². The number of urea groups is 1.